The number of nitrogens with one attached hydrogen (secondary N) is 1. The largest absolute Gasteiger partial charge is 0.368 e. The summed E-state index contributed by atoms with van der Waals surface area (Å²) in [6, 6.07) is 0. The maximum atomic E-state index is 12.7. The Morgan fingerprint density at radius 1 is 1.24 bits per heavy atom. The summed E-state index contributed by atoms with van der Waals surface area (Å²) >= 11 is 0. The number of carbonyl (C=O) groups is 3. The third-order valence-corrected chi connectivity index (χ3v) is 6.51. The zero-order valence-corrected chi connectivity index (χ0v) is 15.4. The van der Waals surface area contributed by atoms with Crippen LogP contribution >= 0.6 is 0 Å². The van der Waals surface area contributed by atoms with E-state index < -0.39 is 38.1 Å². The van der Waals surface area contributed by atoms with Crippen LogP contribution in [0.25, 0.3) is 0 Å². The van der Waals surface area contributed by atoms with Gasteiger partial charge in [-0.3, -0.25) is 14.4 Å². The van der Waals surface area contributed by atoms with Crippen molar-refractivity contribution in [2.24, 2.45) is 16.6 Å². The Labute approximate surface area is 147 Å². The number of rotatable bonds is 10. The van der Waals surface area contributed by atoms with E-state index in [0.29, 0.717) is 25.7 Å². The first-order valence-corrected chi connectivity index (χ1v) is 10.0. The van der Waals surface area contributed by atoms with E-state index in [1.807, 2.05) is 13.8 Å². The second-order valence-electron chi connectivity index (χ2n) is 6.26. The van der Waals surface area contributed by atoms with Gasteiger partial charge in [0.25, 0.3) is 0 Å². The van der Waals surface area contributed by atoms with Gasteiger partial charge in [-0.25, -0.2) is 13.8 Å². The number of carbonyl (C=O) groups excluding carboxylic acids is 3. The summed E-state index contributed by atoms with van der Waals surface area (Å²) in [6.07, 6.45) is 2.09. The number of nitrogens with zero attached hydrogens (tertiary/aromatic N) is 1. The van der Waals surface area contributed by atoms with Crippen LogP contribution in [0.2, 0.25) is 0 Å². The normalized spacial score (nSPS) is 17.6. The van der Waals surface area contributed by atoms with Gasteiger partial charge in [-0.15, -0.1) is 0 Å². The summed E-state index contributed by atoms with van der Waals surface area (Å²) in [6.45, 7) is 3.71. The Balaban J connectivity index is 3.14. The number of ketones is 1. The predicted octanol–water partition coefficient (Wildman–Crippen LogP) is -0.612. The molecule has 0 aromatic rings. The number of Topliss-reactive ketones (excluding diaryl/α,β-unsaturated/α-hetero) is 1. The molecule has 0 spiro atoms. The van der Waals surface area contributed by atoms with E-state index in [-0.39, 0.29) is 24.5 Å². The summed E-state index contributed by atoms with van der Waals surface area (Å²) in [5, 5.41) is 2.90. The van der Waals surface area contributed by atoms with Crippen molar-refractivity contribution in [3.8, 4) is 0 Å². The van der Waals surface area contributed by atoms with E-state index in [0.717, 1.165) is 0 Å². The van der Waals surface area contributed by atoms with Gasteiger partial charge < -0.3 is 11.5 Å². The molecule has 0 radical (unpaired) electrons. The van der Waals surface area contributed by atoms with Crippen LogP contribution in [-0.2, 0) is 24.2 Å². The molecular formula is C15H26N4O5S. The quantitative estimate of drug-likeness (QED) is 0.432. The van der Waals surface area contributed by atoms with Gasteiger partial charge in [-0.05, 0) is 12.8 Å². The average molecular weight is 374 g/mol. The smallest absolute Gasteiger partial charge is 0.246 e. The van der Waals surface area contributed by atoms with Crippen molar-refractivity contribution in [1.82, 2.24) is 5.43 Å². The average Bonchev–Trinajstić information content (AvgIpc) is 2.54. The lowest BCUT2D eigenvalue weighted by Crippen LogP contribution is -2.65. The number of sulfone groups is 1. The van der Waals surface area contributed by atoms with Crippen LogP contribution in [-0.4, -0.2) is 48.3 Å². The number of hydrogen-bond acceptors (Lipinski definition) is 7. The highest BCUT2D eigenvalue weighted by Gasteiger charge is 2.48. The second kappa shape index (κ2) is 8.52. The zero-order chi connectivity index (χ0) is 19.3. The monoisotopic (exact) mass is 374 g/mol. The Kier molecular flexibility index (Phi) is 7.24. The Morgan fingerprint density at radius 2 is 1.80 bits per heavy atom. The zero-order valence-electron chi connectivity index (χ0n) is 14.6. The molecule has 142 valence electrons. The lowest BCUT2D eigenvalue weighted by molar-refractivity contribution is -0.129. The molecule has 1 rings (SSSR count). The first kappa shape index (κ1) is 21.2. The van der Waals surface area contributed by atoms with Gasteiger partial charge in [0, 0.05) is 12.8 Å². The first-order valence-electron chi connectivity index (χ1n) is 8.29. The molecule has 0 aromatic heterocycles. The van der Waals surface area contributed by atoms with Gasteiger partial charge in [-0.2, -0.15) is 5.10 Å². The molecule has 0 saturated heterocycles. The molecule has 0 fully saturated rings. The lowest BCUT2D eigenvalue weighted by Gasteiger charge is -2.28. The second-order valence-corrected chi connectivity index (χ2v) is 8.55. The minimum Gasteiger partial charge on any atom is -0.368 e. The van der Waals surface area contributed by atoms with Crippen LogP contribution < -0.4 is 16.9 Å². The van der Waals surface area contributed by atoms with Crippen LogP contribution in [0.1, 0.15) is 52.4 Å². The summed E-state index contributed by atoms with van der Waals surface area (Å²) in [7, 11) is -3.83. The summed E-state index contributed by atoms with van der Waals surface area (Å²) in [5.74, 6) is -3.44. The standard InChI is InChI=1S/C15H26N4O5S/c1-3-5-10(6-4-2)25(23,24)9-15(17,14(16)22)13(21)11-7-8-12(20)19-18-11/h10H,3-9,17H2,1-2H3,(H2,16,22)(H,19,20). The minimum atomic E-state index is -3.83. The third kappa shape index (κ3) is 5.08. The third-order valence-electron chi connectivity index (χ3n) is 4.17. The maximum Gasteiger partial charge on any atom is 0.246 e. The van der Waals surface area contributed by atoms with Crippen molar-refractivity contribution < 1.29 is 22.8 Å². The SMILES string of the molecule is CCCC(CCC)S(=O)(=O)CC(N)(C(N)=O)C(=O)C1=NNC(=O)CC1. The predicted molar refractivity (Wildman–Crippen MR) is 93.3 cm³/mol. The molecule has 25 heavy (non-hydrogen) atoms. The van der Waals surface area contributed by atoms with Crippen LogP contribution in [0.15, 0.2) is 5.10 Å². The van der Waals surface area contributed by atoms with Crippen LogP contribution in [0.3, 0.4) is 0 Å². The molecule has 1 atom stereocenters. The summed E-state index contributed by atoms with van der Waals surface area (Å²) in [4.78, 5) is 35.6. The topological polar surface area (TPSA) is 162 Å². The van der Waals surface area contributed by atoms with Crippen LogP contribution in [0.5, 0.6) is 0 Å². The molecule has 2 amide bonds. The molecule has 0 bridgehead atoms. The first-order chi connectivity index (χ1) is 11.6. The summed E-state index contributed by atoms with van der Waals surface area (Å²) in [5.41, 5.74) is 10.7. The molecule has 0 aromatic carbocycles. The van der Waals surface area contributed by atoms with E-state index in [2.05, 4.69) is 10.5 Å². The highest BCUT2D eigenvalue weighted by Crippen LogP contribution is 2.21. The highest BCUT2D eigenvalue weighted by atomic mass is 32.2. The molecule has 0 saturated carbocycles. The van der Waals surface area contributed by atoms with Gasteiger partial charge in [0.2, 0.25) is 17.6 Å². The van der Waals surface area contributed by atoms with E-state index >= 15 is 0 Å². The molecule has 1 aliphatic heterocycles. The molecule has 5 N–H and O–H groups in total. The fourth-order valence-electron chi connectivity index (χ4n) is 2.73. The van der Waals surface area contributed by atoms with Crippen molar-refractivity contribution in [3.05, 3.63) is 0 Å². The molecule has 1 aliphatic rings. The molecule has 1 unspecified atom stereocenters. The molecule has 10 heteroatoms. The fourth-order valence-corrected chi connectivity index (χ4v) is 5.06. The van der Waals surface area contributed by atoms with Crippen LogP contribution in [0, 0.1) is 0 Å². The van der Waals surface area contributed by atoms with Crippen molar-refractivity contribution in [2.45, 2.75) is 63.2 Å². The van der Waals surface area contributed by atoms with Crippen molar-refractivity contribution in [2.75, 3.05) is 5.75 Å². The lowest BCUT2D eigenvalue weighted by atomic mass is 9.91. The summed E-state index contributed by atoms with van der Waals surface area (Å²) < 4.78 is 25.4. The Hall–Kier alpha value is -1.81. The molecule has 9 nitrogen and oxygen atoms in total. The van der Waals surface area contributed by atoms with Crippen molar-refractivity contribution in [3.63, 3.8) is 0 Å². The molecule has 1 heterocycles. The highest BCUT2D eigenvalue weighted by molar-refractivity contribution is 7.92. The number of amides is 2. The number of hydrazone groups is 1. The van der Waals surface area contributed by atoms with Gasteiger partial charge in [0.15, 0.2) is 15.4 Å². The maximum absolute atomic E-state index is 12.7. The van der Waals surface area contributed by atoms with Gasteiger partial charge in [0.05, 0.1) is 11.0 Å². The van der Waals surface area contributed by atoms with Crippen LogP contribution in [0.4, 0.5) is 0 Å². The van der Waals surface area contributed by atoms with E-state index in [1.54, 1.807) is 0 Å². The molecule has 0 aliphatic carbocycles. The van der Waals surface area contributed by atoms with E-state index in [1.165, 1.54) is 0 Å². The van der Waals surface area contributed by atoms with Crippen molar-refractivity contribution in [1.29, 1.82) is 0 Å². The Bertz CT molecular complexity index is 667. The van der Waals surface area contributed by atoms with Gasteiger partial charge in [-0.1, -0.05) is 26.7 Å². The fraction of sp³-hybridized carbons (Fsp3) is 0.733. The Morgan fingerprint density at radius 3 is 2.20 bits per heavy atom. The number of nitrogens with two attached hydrogens (primary N) is 2. The number of hydrogen-bond donors (Lipinski definition) is 3. The van der Waals surface area contributed by atoms with Gasteiger partial charge >= 0.3 is 0 Å². The number of primary amides is 1. The van der Waals surface area contributed by atoms with E-state index in [4.69, 9.17) is 11.5 Å². The minimum absolute atomic E-state index is 0.000456. The molecular weight excluding hydrogens is 348 g/mol. The van der Waals surface area contributed by atoms with E-state index in [9.17, 15) is 22.8 Å². The van der Waals surface area contributed by atoms with Gasteiger partial charge in [0.1, 0.15) is 5.71 Å². The van der Waals surface area contributed by atoms with Crippen molar-refractivity contribution >= 4 is 33.1 Å².